The predicted octanol–water partition coefficient (Wildman–Crippen LogP) is 1.94. The minimum atomic E-state index is 0.430. The second kappa shape index (κ2) is 2.87. The maximum Gasteiger partial charge on any atom is 0.196 e. The lowest BCUT2D eigenvalue weighted by atomic mass is 9.77. The molecule has 0 N–H and O–H groups in total. The van der Waals surface area contributed by atoms with Crippen molar-refractivity contribution in [2.45, 2.75) is 12.8 Å². The lowest BCUT2D eigenvalue weighted by Gasteiger charge is -2.27. The van der Waals surface area contributed by atoms with Crippen molar-refractivity contribution in [2.75, 3.05) is 18.0 Å². The van der Waals surface area contributed by atoms with Crippen LogP contribution in [0, 0.1) is 11.8 Å². The highest BCUT2D eigenvalue weighted by Crippen LogP contribution is 2.42. The molecule has 1 aliphatic heterocycles. The fourth-order valence-corrected chi connectivity index (χ4v) is 2.51. The van der Waals surface area contributed by atoms with Gasteiger partial charge in [0.05, 0.1) is 0 Å². The lowest BCUT2D eigenvalue weighted by Crippen LogP contribution is -2.22. The summed E-state index contributed by atoms with van der Waals surface area (Å²) in [6, 6.07) is 3.64. The normalized spacial score (nSPS) is 29.9. The second-order valence-corrected chi connectivity index (χ2v) is 4.30. The minimum absolute atomic E-state index is 0.430. The molecule has 3 heteroatoms. The quantitative estimate of drug-likeness (QED) is 0.670. The van der Waals surface area contributed by atoms with E-state index in [-0.39, 0.29) is 0 Å². The third-order valence-electron chi connectivity index (χ3n) is 3.53. The molecule has 1 aromatic rings. The van der Waals surface area contributed by atoms with Gasteiger partial charge >= 0.3 is 0 Å². The third-order valence-corrected chi connectivity index (χ3v) is 3.53. The van der Waals surface area contributed by atoms with Crippen molar-refractivity contribution in [3.8, 4) is 0 Å². The fourth-order valence-electron chi connectivity index (χ4n) is 2.51. The predicted molar refractivity (Wildman–Crippen MR) is 52.5 cm³/mol. The van der Waals surface area contributed by atoms with Crippen LogP contribution < -0.4 is 4.90 Å². The first-order valence-electron chi connectivity index (χ1n) is 5.17. The van der Waals surface area contributed by atoms with E-state index in [1.807, 2.05) is 6.07 Å². The van der Waals surface area contributed by atoms with E-state index in [0.717, 1.165) is 37.1 Å². The van der Waals surface area contributed by atoms with Gasteiger partial charge in [0.25, 0.3) is 0 Å². The summed E-state index contributed by atoms with van der Waals surface area (Å²) in [4.78, 5) is 12.7. The van der Waals surface area contributed by atoms with Gasteiger partial charge in [0.15, 0.2) is 17.9 Å². The van der Waals surface area contributed by atoms with E-state index in [4.69, 9.17) is 4.42 Å². The minimum Gasteiger partial charge on any atom is -0.438 e. The number of anilines is 1. The molecule has 0 spiro atoms. The van der Waals surface area contributed by atoms with Gasteiger partial charge in [-0.2, -0.15) is 0 Å². The van der Waals surface area contributed by atoms with E-state index in [1.165, 1.54) is 12.8 Å². The molecule has 2 aliphatic rings. The van der Waals surface area contributed by atoms with Crippen molar-refractivity contribution in [3.63, 3.8) is 0 Å². The van der Waals surface area contributed by atoms with Crippen LogP contribution in [-0.4, -0.2) is 19.4 Å². The van der Waals surface area contributed by atoms with Crippen molar-refractivity contribution < 1.29 is 9.21 Å². The molecule has 3 rings (SSSR count). The van der Waals surface area contributed by atoms with E-state index in [2.05, 4.69) is 4.90 Å². The molecule has 1 saturated heterocycles. The summed E-state index contributed by atoms with van der Waals surface area (Å²) >= 11 is 0. The summed E-state index contributed by atoms with van der Waals surface area (Å²) in [6.45, 7) is 2.22. The zero-order chi connectivity index (χ0) is 9.54. The van der Waals surface area contributed by atoms with E-state index in [1.54, 1.807) is 6.07 Å². The van der Waals surface area contributed by atoms with Gasteiger partial charge in [-0.3, -0.25) is 4.79 Å². The number of aldehydes is 1. The Labute approximate surface area is 82.7 Å². The standard InChI is InChI=1S/C11H13NO2/c13-7-10-3-4-11(14-10)12-5-8-1-2-9(8)6-12/h3-4,7-9H,1-2,5-6H2. The Balaban J connectivity index is 1.78. The average Bonchev–Trinajstić information content (AvgIpc) is 2.73. The zero-order valence-corrected chi connectivity index (χ0v) is 7.98. The van der Waals surface area contributed by atoms with Gasteiger partial charge in [0.1, 0.15) is 0 Å². The van der Waals surface area contributed by atoms with Gasteiger partial charge in [-0.15, -0.1) is 0 Å². The Kier molecular flexibility index (Phi) is 1.66. The zero-order valence-electron chi connectivity index (χ0n) is 7.98. The molecule has 0 radical (unpaired) electrons. The monoisotopic (exact) mass is 191 g/mol. The molecule has 0 amide bonds. The molecule has 74 valence electrons. The molecular weight excluding hydrogens is 178 g/mol. The first-order chi connectivity index (χ1) is 6.86. The highest BCUT2D eigenvalue weighted by atomic mass is 16.4. The second-order valence-electron chi connectivity index (χ2n) is 4.30. The Morgan fingerprint density at radius 2 is 2.00 bits per heavy atom. The summed E-state index contributed by atoms with van der Waals surface area (Å²) in [6.07, 6.45) is 3.49. The molecule has 3 nitrogen and oxygen atoms in total. The van der Waals surface area contributed by atoms with Crippen LogP contribution in [0.5, 0.6) is 0 Å². The highest BCUT2D eigenvalue weighted by molar-refractivity contribution is 5.71. The number of hydrogen-bond donors (Lipinski definition) is 0. The molecule has 1 aliphatic carbocycles. The van der Waals surface area contributed by atoms with Crippen LogP contribution in [0.25, 0.3) is 0 Å². The molecule has 0 aromatic carbocycles. The Hall–Kier alpha value is -1.25. The number of furan rings is 1. The van der Waals surface area contributed by atoms with Gasteiger partial charge in [-0.1, -0.05) is 0 Å². The molecule has 0 bridgehead atoms. The van der Waals surface area contributed by atoms with Crippen molar-refractivity contribution >= 4 is 12.2 Å². The first-order valence-corrected chi connectivity index (χ1v) is 5.17. The van der Waals surface area contributed by atoms with Crippen LogP contribution in [-0.2, 0) is 0 Å². The Morgan fingerprint density at radius 1 is 1.29 bits per heavy atom. The van der Waals surface area contributed by atoms with Crippen LogP contribution in [0.2, 0.25) is 0 Å². The number of fused-ring (bicyclic) bond motifs is 1. The Morgan fingerprint density at radius 3 is 2.50 bits per heavy atom. The van der Waals surface area contributed by atoms with E-state index < -0.39 is 0 Å². The Bertz CT molecular complexity index is 346. The number of hydrogen-bond acceptors (Lipinski definition) is 3. The molecule has 14 heavy (non-hydrogen) atoms. The van der Waals surface area contributed by atoms with Crippen molar-refractivity contribution in [2.24, 2.45) is 11.8 Å². The molecule has 2 atom stereocenters. The average molecular weight is 191 g/mol. The third kappa shape index (κ3) is 1.08. The van der Waals surface area contributed by atoms with Crippen LogP contribution in [0.1, 0.15) is 23.4 Å². The smallest absolute Gasteiger partial charge is 0.196 e. The summed E-state index contributed by atoms with van der Waals surface area (Å²) in [5.41, 5.74) is 0. The van der Waals surface area contributed by atoms with Crippen LogP contribution >= 0.6 is 0 Å². The van der Waals surface area contributed by atoms with Crippen molar-refractivity contribution in [1.82, 2.24) is 0 Å². The van der Waals surface area contributed by atoms with E-state index >= 15 is 0 Å². The summed E-state index contributed by atoms with van der Waals surface area (Å²) in [5, 5.41) is 0. The topological polar surface area (TPSA) is 33.5 Å². The van der Waals surface area contributed by atoms with Crippen molar-refractivity contribution in [1.29, 1.82) is 0 Å². The van der Waals surface area contributed by atoms with Crippen molar-refractivity contribution in [3.05, 3.63) is 17.9 Å². The van der Waals surface area contributed by atoms with Gasteiger partial charge < -0.3 is 9.32 Å². The van der Waals surface area contributed by atoms with Gasteiger partial charge in [-0.05, 0) is 30.7 Å². The maximum absolute atomic E-state index is 10.5. The summed E-state index contributed by atoms with van der Waals surface area (Å²) < 4.78 is 5.40. The first kappa shape index (κ1) is 8.09. The lowest BCUT2D eigenvalue weighted by molar-refractivity contribution is 0.110. The maximum atomic E-state index is 10.5. The van der Waals surface area contributed by atoms with Crippen LogP contribution in [0.4, 0.5) is 5.88 Å². The number of carbonyl (C=O) groups excluding carboxylic acids is 1. The van der Waals surface area contributed by atoms with Crippen LogP contribution in [0.3, 0.4) is 0 Å². The highest BCUT2D eigenvalue weighted by Gasteiger charge is 2.39. The molecule has 2 unspecified atom stereocenters. The molecule has 1 aromatic heterocycles. The summed E-state index contributed by atoms with van der Waals surface area (Å²) in [7, 11) is 0. The SMILES string of the molecule is O=Cc1ccc(N2CC3CCC3C2)o1. The van der Waals surface area contributed by atoms with E-state index in [9.17, 15) is 4.79 Å². The van der Waals surface area contributed by atoms with Gasteiger partial charge in [0.2, 0.25) is 0 Å². The van der Waals surface area contributed by atoms with Gasteiger partial charge in [-0.25, -0.2) is 0 Å². The number of rotatable bonds is 2. The van der Waals surface area contributed by atoms with Gasteiger partial charge in [0, 0.05) is 19.2 Å². The van der Waals surface area contributed by atoms with E-state index in [0.29, 0.717) is 5.76 Å². The largest absolute Gasteiger partial charge is 0.438 e. The summed E-state index contributed by atoms with van der Waals surface area (Å²) in [5.74, 6) is 3.04. The van der Waals surface area contributed by atoms with Crippen LogP contribution in [0.15, 0.2) is 16.5 Å². The molecule has 1 saturated carbocycles. The molecule has 2 heterocycles. The number of nitrogens with zero attached hydrogens (tertiary/aromatic N) is 1. The molecule has 2 fully saturated rings. The molecular formula is C11H13NO2. The fraction of sp³-hybridized carbons (Fsp3) is 0.545. The number of carbonyl (C=O) groups is 1.